The molecule has 2 aromatic rings. The quantitative estimate of drug-likeness (QED) is 0.750. The summed E-state index contributed by atoms with van der Waals surface area (Å²) in [5.74, 6) is 0.714. The molecule has 3 rings (SSSR count). The number of aryl methyl sites for hydroxylation is 1. The summed E-state index contributed by atoms with van der Waals surface area (Å²) in [5.41, 5.74) is 2.20. The molecule has 1 amide bonds. The fourth-order valence-electron chi connectivity index (χ4n) is 3.30. The maximum absolute atomic E-state index is 12.6. The SMILES string of the molecule is Cc1cc(S(=O)(=O)NCc2ccc(C(=O)N3CCCC3)cc2)ccc1OC(C)C. The fourth-order valence-corrected chi connectivity index (χ4v) is 4.41. The van der Waals surface area contributed by atoms with E-state index in [-0.39, 0.29) is 23.5 Å². The Morgan fingerprint density at radius 3 is 2.34 bits per heavy atom. The van der Waals surface area contributed by atoms with Gasteiger partial charge in [-0.25, -0.2) is 13.1 Å². The predicted molar refractivity (Wildman–Crippen MR) is 113 cm³/mol. The van der Waals surface area contributed by atoms with Crippen LogP contribution in [0, 0.1) is 6.92 Å². The van der Waals surface area contributed by atoms with Crippen LogP contribution in [0.2, 0.25) is 0 Å². The zero-order valence-electron chi connectivity index (χ0n) is 17.1. The molecule has 7 heteroatoms. The van der Waals surface area contributed by atoms with Crippen molar-refractivity contribution in [2.24, 2.45) is 0 Å². The molecule has 6 nitrogen and oxygen atoms in total. The van der Waals surface area contributed by atoms with E-state index >= 15 is 0 Å². The number of carbonyl (C=O) groups is 1. The molecular weight excluding hydrogens is 388 g/mol. The van der Waals surface area contributed by atoms with E-state index in [1.165, 1.54) is 0 Å². The Labute approximate surface area is 172 Å². The van der Waals surface area contributed by atoms with Crippen LogP contribution < -0.4 is 9.46 Å². The maximum Gasteiger partial charge on any atom is 0.253 e. The Kier molecular flexibility index (Phi) is 6.59. The van der Waals surface area contributed by atoms with E-state index in [2.05, 4.69) is 4.72 Å². The highest BCUT2D eigenvalue weighted by Crippen LogP contribution is 2.23. The lowest BCUT2D eigenvalue weighted by atomic mass is 10.1. The average molecular weight is 417 g/mol. The van der Waals surface area contributed by atoms with Gasteiger partial charge in [0, 0.05) is 25.2 Å². The van der Waals surface area contributed by atoms with Gasteiger partial charge >= 0.3 is 0 Å². The molecule has 1 fully saturated rings. The Morgan fingerprint density at radius 2 is 1.76 bits per heavy atom. The Morgan fingerprint density at radius 1 is 1.10 bits per heavy atom. The van der Waals surface area contributed by atoms with Crippen LogP contribution in [0.5, 0.6) is 5.75 Å². The minimum absolute atomic E-state index is 0.0228. The summed E-state index contributed by atoms with van der Waals surface area (Å²) in [7, 11) is -3.65. The number of rotatable bonds is 7. The second-order valence-corrected chi connectivity index (χ2v) is 9.38. The molecule has 1 aliphatic rings. The first-order valence-corrected chi connectivity index (χ1v) is 11.4. The van der Waals surface area contributed by atoms with Crippen LogP contribution >= 0.6 is 0 Å². The van der Waals surface area contributed by atoms with Crippen molar-refractivity contribution in [3.8, 4) is 5.75 Å². The minimum Gasteiger partial charge on any atom is -0.491 e. The van der Waals surface area contributed by atoms with Crippen LogP contribution in [-0.4, -0.2) is 38.4 Å². The van der Waals surface area contributed by atoms with Crippen LogP contribution in [0.15, 0.2) is 47.4 Å². The Hall–Kier alpha value is -2.38. The van der Waals surface area contributed by atoms with Gasteiger partial charge in [-0.2, -0.15) is 0 Å². The average Bonchev–Trinajstić information content (AvgIpc) is 3.22. The van der Waals surface area contributed by atoms with Gasteiger partial charge in [-0.15, -0.1) is 0 Å². The molecule has 0 unspecified atom stereocenters. The summed E-state index contributed by atoms with van der Waals surface area (Å²) in [6.45, 7) is 7.45. The second-order valence-electron chi connectivity index (χ2n) is 7.61. The second kappa shape index (κ2) is 8.97. The van der Waals surface area contributed by atoms with E-state index < -0.39 is 10.0 Å². The third-order valence-corrected chi connectivity index (χ3v) is 6.28. The number of nitrogens with zero attached hydrogens (tertiary/aromatic N) is 1. The molecule has 29 heavy (non-hydrogen) atoms. The van der Waals surface area contributed by atoms with Gasteiger partial charge in [0.15, 0.2) is 0 Å². The fraction of sp³-hybridized carbons (Fsp3) is 0.409. The Bertz CT molecular complexity index is 963. The van der Waals surface area contributed by atoms with Crippen LogP contribution in [0.4, 0.5) is 0 Å². The summed E-state index contributed by atoms with van der Waals surface area (Å²) in [4.78, 5) is 14.4. The van der Waals surface area contributed by atoms with Crippen molar-refractivity contribution in [2.75, 3.05) is 13.1 Å². The van der Waals surface area contributed by atoms with E-state index in [1.807, 2.05) is 25.7 Å². The lowest BCUT2D eigenvalue weighted by Crippen LogP contribution is -2.27. The molecular formula is C22H28N2O4S. The van der Waals surface area contributed by atoms with E-state index in [1.54, 1.807) is 42.5 Å². The van der Waals surface area contributed by atoms with Crippen molar-refractivity contribution in [1.82, 2.24) is 9.62 Å². The largest absolute Gasteiger partial charge is 0.491 e. The van der Waals surface area contributed by atoms with Gasteiger partial charge in [-0.3, -0.25) is 4.79 Å². The number of likely N-dealkylation sites (tertiary alicyclic amines) is 1. The van der Waals surface area contributed by atoms with Gasteiger partial charge in [0.05, 0.1) is 11.0 Å². The van der Waals surface area contributed by atoms with Crippen LogP contribution in [0.25, 0.3) is 0 Å². The molecule has 0 aromatic heterocycles. The van der Waals surface area contributed by atoms with Crippen LogP contribution in [0.3, 0.4) is 0 Å². The molecule has 1 saturated heterocycles. The summed E-state index contributed by atoms with van der Waals surface area (Å²) in [6, 6.07) is 11.9. The number of ether oxygens (including phenoxy) is 1. The van der Waals surface area contributed by atoms with Crippen molar-refractivity contribution in [2.45, 2.75) is 51.2 Å². The highest BCUT2D eigenvalue weighted by Gasteiger charge is 2.19. The molecule has 1 aliphatic heterocycles. The van der Waals surface area contributed by atoms with Gasteiger partial charge in [-0.1, -0.05) is 12.1 Å². The molecule has 1 N–H and O–H groups in total. The molecule has 0 atom stereocenters. The van der Waals surface area contributed by atoms with Crippen molar-refractivity contribution in [1.29, 1.82) is 0 Å². The van der Waals surface area contributed by atoms with E-state index in [0.717, 1.165) is 37.1 Å². The third kappa shape index (κ3) is 5.36. The summed E-state index contributed by atoms with van der Waals surface area (Å²) >= 11 is 0. The van der Waals surface area contributed by atoms with E-state index in [4.69, 9.17) is 4.74 Å². The molecule has 0 radical (unpaired) electrons. The lowest BCUT2D eigenvalue weighted by Gasteiger charge is -2.15. The number of carbonyl (C=O) groups excluding carboxylic acids is 1. The number of sulfonamides is 1. The maximum atomic E-state index is 12.6. The smallest absolute Gasteiger partial charge is 0.253 e. The predicted octanol–water partition coefficient (Wildman–Crippen LogP) is 3.50. The van der Waals surface area contributed by atoms with Crippen LogP contribution in [-0.2, 0) is 16.6 Å². The zero-order valence-corrected chi connectivity index (χ0v) is 18.0. The standard InChI is InChI=1S/C22H28N2O4S/c1-16(2)28-21-11-10-20(14-17(21)3)29(26,27)23-15-18-6-8-19(9-7-18)22(25)24-12-4-5-13-24/h6-11,14,16,23H,4-5,12-13,15H2,1-3H3. The molecule has 0 saturated carbocycles. The summed E-state index contributed by atoms with van der Waals surface area (Å²) in [5, 5.41) is 0. The highest BCUT2D eigenvalue weighted by molar-refractivity contribution is 7.89. The van der Waals surface area contributed by atoms with Gasteiger partial charge in [0.2, 0.25) is 10.0 Å². The molecule has 2 aromatic carbocycles. The van der Waals surface area contributed by atoms with E-state index in [9.17, 15) is 13.2 Å². The first-order valence-electron chi connectivity index (χ1n) is 9.91. The zero-order chi connectivity index (χ0) is 21.0. The normalized spacial score (nSPS) is 14.4. The lowest BCUT2D eigenvalue weighted by molar-refractivity contribution is 0.0793. The molecule has 0 bridgehead atoms. The number of hydrogen-bond donors (Lipinski definition) is 1. The van der Waals surface area contributed by atoms with Gasteiger partial charge in [0.25, 0.3) is 5.91 Å². The molecule has 156 valence electrons. The first kappa shape index (κ1) is 21.3. The molecule has 1 heterocycles. The highest BCUT2D eigenvalue weighted by atomic mass is 32.2. The summed E-state index contributed by atoms with van der Waals surface area (Å²) in [6.07, 6.45) is 2.13. The van der Waals surface area contributed by atoms with Crippen molar-refractivity contribution in [3.63, 3.8) is 0 Å². The third-order valence-electron chi connectivity index (χ3n) is 4.88. The van der Waals surface area contributed by atoms with Gasteiger partial charge < -0.3 is 9.64 Å². The van der Waals surface area contributed by atoms with Crippen LogP contribution in [0.1, 0.15) is 48.2 Å². The minimum atomic E-state index is -3.65. The Balaban J connectivity index is 1.64. The monoisotopic (exact) mass is 416 g/mol. The summed E-state index contributed by atoms with van der Waals surface area (Å²) < 4.78 is 33.5. The topological polar surface area (TPSA) is 75.7 Å². The number of amides is 1. The van der Waals surface area contributed by atoms with Gasteiger partial charge in [0.1, 0.15) is 5.75 Å². The van der Waals surface area contributed by atoms with Gasteiger partial charge in [-0.05, 0) is 75.1 Å². The number of nitrogens with one attached hydrogen (secondary N) is 1. The first-order chi connectivity index (χ1) is 13.8. The number of benzene rings is 2. The number of hydrogen-bond acceptors (Lipinski definition) is 4. The van der Waals surface area contributed by atoms with Crippen molar-refractivity contribution in [3.05, 3.63) is 59.2 Å². The van der Waals surface area contributed by atoms with Crippen molar-refractivity contribution >= 4 is 15.9 Å². The van der Waals surface area contributed by atoms with Crippen molar-refractivity contribution < 1.29 is 17.9 Å². The molecule has 0 spiro atoms. The van der Waals surface area contributed by atoms with E-state index in [0.29, 0.717) is 11.3 Å². The molecule has 0 aliphatic carbocycles.